The number of nitrogens with zero attached hydrogens (tertiary/aromatic N) is 5. The van der Waals surface area contributed by atoms with Crippen molar-refractivity contribution in [1.82, 2.24) is 14.7 Å². The molecular formula is C21H29FN6O2. The van der Waals surface area contributed by atoms with Crippen molar-refractivity contribution in [1.29, 1.82) is 0 Å². The fourth-order valence-electron chi connectivity index (χ4n) is 4.34. The fraction of sp³-hybridized carbons (Fsp3) is 0.571. The molecule has 0 saturated carbocycles. The first-order valence-electron chi connectivity index (χ1n) is 10.7. The van der Waals surface area contributed by atoms with Crippen molar-refractivity contribution < 1.29 is 14.0 Å². The summed E-state index contributed by atoms with van der Waals surface area (Å²) >= 11 is 0. The molecule has 9 heteroatoms. The lowest BCUT2D eigenvalue weighted by Crippen LogP contribution is -2.51. The predicted molar refractivity (Wildman–Crippen MR) is 113 cm³/mol. The highest BCUT2D eigenvalue weighted by Gasteiger charge is 2.37. The molecule has 1 aromatic rings. The van der Waals surface area contributed by atoms with Crippen LogP contribution in [0.15, 0.2) is 29.4 Å². The van der Waals surface area contributed by atoms with Gasteiger partial charge in [0.1, 0.15) is 17.6 Å². The molecule has 2 N–H and O–H groups in total. The van der Waals surface area contributed by atoms with E-state index in [9.17, 15) is 14.0 Å². The van der Waals surface area contributed by atoms with Gasteiger partial charge in [0.15, 0.2) is 0 Å². The number of hydrogen-bond acceptors (Lipinski definition) is 6. The molecule has 1 unspecified atom stereocenters. The lowest BCUT2D eigenvalue weighted by molar-refractivity contribution is -0.125. The molecular weight excluding hydrogens is 387 g/mol. The molecule has 2 saturated heterocycles. The van der Waals surface area contributed by atoms with E-state index in [-0.39, 0.29) is 18.1 Å². The van der Waals surface area contributed by atoms with Gasteiger partial charge in [0, 0.05) is 45.7 Å². The quantitative estimate of drug-likeness (QED) is 0.729. The summed E-state index contributed by atoms with van der Waals surface area (Å²) in [5.74, 6) is -1.08. The fourth-order valence-corrected chi connectivity index (χ4v) is 4.34. The first-order chi connectivity index (χ1) is 14.5. The molecule has 0 aliphatic carbocycles. The Labute approximate surface area is 176 Å². The second-order valence-electron chi connectivity index (χ2n) is 8.17. The Balaban J connectivity index is 1.35. The minimum atomic E-state index is -0.740. The number of amides is 2. The minimum absolute atomic E-state index is 0.148. The van der Waals surface area contributed by atoms with Crippen LogP contribution in [0.25, 0.3) is 0 Å². The molecule has 4 rings (SSSR count). The van der Waals surface area contributed by atoms with E-state index in [2.05, 4.69) is 14.9 Å². The average molecular weight is 417 g/mol. The number of anilines is 1. The van der Waals surface area contributed by atoms with E-state index in [4.69, 9.17) is 5.73 Å². The van der Waals surface area contributed by atoms with Crippen molar-refractivity contribution in [3.05, 3.63) is 30.1 Å². The highest BCUT2D eigenvalue weighted by atomic mass is 19.1. The predicted octanol–water partition coefficient (Wildman–Crippen LogP) is 0.486. The van der Waals surface area contributed by atoms with Gasteiger partial charge in [-0.05, 0) is 50.2 Å². The largest absolute Gasteiger partial charge is 0.368 e. The number of nitrogens with two attached hydrogens (primary N) is 1. The van der Waals surface area contributed by atoms with Gasteiger partial charge in [0.2, 0.25) is 5.91 Å². The van der Waals surface area contributed by atoms with Crippen LogP contribution in [-0.2, 0) is 9.59 Å². The van der Waals surface area contributed by atoms with Crippen LogP contribution in [0.2, 0.25) is 0 Å². The van der Waals surface area contributed by atoms with Gasteiger partial charge in [-0.1, -0.05) is 0 Å². The van der Waals surface area contributed by atoms with Crippen LogP contribution in [0, 0.1) is 5.82 Å². The molecule has 3 aliphatic heterocycles. The number of primary amides is 1. The number of halogens is 1. The number of hydrogen-bond donors (Lipinski definition) is 1. The van der Waals surface area contributed by atoms with Gasteiger partial charge >= 0.3 is 0 Å². The number of rotatable bonds is 6. The van der Waals surface area contributed by atoms with E-state index in [1.807, 2.05) is 0 Å². The summed E-state index contributed by atoms with van der Waals surface area (Å²) < 4.78 is 13.2. The summed E-state index contributed by atoms with van der Waals surface area (Å²) in [6, 6.07) is 4.91. The normalized spacial score (nSPS) is 23.1. The number of likely N-dealkylation sites (tertiary alicyclic amines) is 1. The van der Waals surface area contributed by atoms with Crippen molar-refractivity contribution in [2.24, 2.45) is 10.8 Å². The number of carbonyl (C=O) groups excluding carboxylic acids is 2. The average Bonchev–Trinajstić information content (AvgIpc) is 3.43. The highest BCUT2D eigenvalue weighted by molar-refractivity contribution is 6.40. The smallest absolute Gasteiger partial charge is 0.270 e. The zero-order chi connectivity index (χ0) is 21.1. The van der Waals surface area contributed by atoms with Crippen molar-refractivity contribution >= 4 is 23.2 Å². The van der Waals surface area contributed by atoms with E-state index < -0.39 is 11.9 Å². The number of benzene rings is 1. The molecule has 162 valence electrons. The van der Waals surface area contributed by atoms with Gasteiger partial charge in [-0.3, -0.25) is 19.5 Å². The van der Waals surface area contributed by atoms with Crippen molar-refractivity contribution in [2.75, 3.05) is 57.4 Å². The molecule has 0 spiro atoms. The molecule has 0 aromatic heterocycles. The van der Waals surface area contributed by atoms with Gasteiger partial charge in [-0.25, -0.2) is 4.39 Å². The summed E-state index contributed by atoms with van der Waals surface area (Å²) in [4.78, 5) is 31.6. The van der Waals surface area contributed by atoms with Crippen LogP contribution in [0.3, 0.4) is 0 Å². The number of hydrazone groups is 1. The van der Waals surface area contributed by atoms with Crippen LogP contribution < -0.4 is 10.7 Å². The van der Waals surface area contributed by atoms with Gasteiger partial charge in [-0.2, -0.15) is 5.10 Å². The van der Waals surface area contributed by atoms with Gasteiger partial charge < -0.3 is 15.5 Å². The summed E-state index contributed by atoms with van der Waals surface area (Å²) in [5, 5.41) is 5.82. The maximum absolute atomic E-state index is 13.2. The Bertz CT molecular complexity index is 800. The maximum Gasteiger partial charge on any atom is 0.270 e. The van der Waals surface area contributed by atoms with E-state index in [0.717, 1.165) is 26.2 Å². The summed E-state index contributed by atoms with van der Waals surface area (Å²) in [6.45, 7) is 7.50. The minimum Gasteiger partial charge on any atom is -0.368 e. The highest BCUT2D eigenvalue weighted by Crippen LogP contribution is 2.25. The van der Waals surface area contributed by atoms with Crippen molar-refractivity contribution in [3.63, 3.8) is 0 Å². The molecule has 8 nitrogen and oxygen atoms in total. The molecule has 3 aliphatic rings. The molecule has 0 radical (unpaired) electrons. The zero-order valence-electron chi connectivity index (χ0n) is 17.2. The van der Waals surface area contributed by atoms with Crippen molar-refractivity contribution in [2.45, 2.75) is 25.3 Å². The third-order valence-corrected chi connectivity index (χ3v) is 6.17. The molecule has 30 heavy (non-hydrogen) atoms. The third-order valence-electron chi connectivity index (χ3n) is 6.17. The SMILES string of the molecule is NC(=O)C1CC(C(=O)N2CCN(CCN3CCCC3)CC2)=NN1c1ccc(F)cc1. The second-order valence-corrected chi connectivity index (χ2v) is 8.17. The molecule has 0 bridgehead atoms. The first-order valence-corrected chi connectivity index (χ1v) is 10.7. The monoisotopic (exact) mass is 416 g/mol. The van der Waals surface area contributed by atoms with Crippen LogP contribution in [-0.4, -0.2) is 90.6 Å². The van der Waals surface area contributed by atoms with Crippen LogP contribution in [0.1, 0.15) is 19.3 Å². The van der Waals surface area contributed by atoms with Crippen LogP contribution >= 0.6 is 0 Å². The second kappa shape index (κ2) is 9.09. The Kier molecular flexibility index (Phi) is 6.29. The van der Waals surface area contributed by atoms with Gasteiger partial charge in [-0.15, -0.1) is 0 Å². The van der Waals surface area contributed by atoms with Gasteiger partial charge in [0.05, 0.1) is 5.69 Å². The molecule has 1 atom stereocenters. The number of carbonyl (C=O) groups is 2. The maximum atomic E-state index is 13.2. The van der Waals surface area contributed by atoms with Crippen molar-refractivity contribution in [3.8, 4) is 0 Å². The summed E-state index contributed by atoms with van der Waals surface area (Å²) in [6.07, 6.45) is 2.76. The molecule has 2 fully saturated rings. The van der Waals surface area contributed by atoms with Gasteiger partial charge in [0.25, 0.3) is 5.91 Å². The first kappa shape index (κ1) is 20.7. The van der Waals surface area contributed by atoms with E-state index in [1.165, 1.54) is 55.2 Å². The lowest BCUT2D eigenvalue weighted by atomic mass is 10.1. The Morgan fingerprint density at radius 3 is 2.17 bits per heavy atom. The molecule has 1 aromatic carbocycles. The number of piperazine rings is 1. The van der Waals surface area contributed by atoms with Crippen LogP contribution in [0.5, 0.6) is 0 Å². The van der Waals surface area contributed by atoms with E-state index >= 15 is 0 Å². The standard InChI is InChI=1S/C21H29FN6O2/c22-16-3-5-17(6-4-16)28-19(20(23)29)15-18(24-28)21(30)27-13-11-26(12-14-27)10-9-25-7-1-2-8-25/h3-6,19H,1-2,7-15H2,(H2,23,29). The summed E-state index contributed by atoms with van der Waals surface area (Å²) in [5.41, 5.74) is 6.40. The summed E-state index contributed by atoms with van der Waals surface area (Å²) in [7, 11) is 0. The lowest BCUT2D eigenvalue weighted by Gasteiger charge is -2.35. The Morgan fingerprint density at radius 1 is 0.967 bits per heavy atom. The van der Waals surface area contributed by atoms with E-state index in [1.54, 1.807) is 4.90 Å². The Hall–Kier alpha value is -2.52. The topological polar surface area (TPSA) is 85.5 Å². The zero-order valence-corrected chi connectivity index (χ0v) is 17.2. The third kappa shape index (κ3) is 4.62. The van der Waals surface area contributed by atoms with Crippen LogP contribution in [0.4, 0.5) is 10.1 Å². The Morgan fingerprint density at radius 2 is 1.57 bits per heavy atom. The molecule has 2 amide bonds. The molecule has 3 heterocycles. The van der Waals surface area contributed by atoms with E-state index in [0.29, 0.717) is 24.5 Å².